The van der Waals surface area contributed by atoms with Gasteiger partial charge in [-0.2, -0.15) is 0 Å². The minimum atomic E-state index is 0.456. The molecule has 0 amide bonds. The molecule has 0 radical (unpaired) electrons. The Bertz CT molecular complexity index is 333. The molecule has 70 valence electrons. The third kappa shape index (κ3) is 1.37. The van der Waals surface area contributed by atoms with Crippen molar-refractivity contribution in [3.05, 3.63) is 17.1 Å². The first-order chi connectivity index (χ1) is 6.18. The Morgan fingerprint density at radius 1 is 1.31 bits per heavy atom. The maximum absolute atomic E-state index is 4.45. The molecule has 0 fully saturated rings. The predicted octanol–water partition coefficient (Wildman–Crippen LogP) is 1.34. The lowest BCUT2D eigenvalue weighted by molar-refractivity contribution is 0.771. The molecule has 4 nitrogen and oxygen atoms in total. The Hall–Kier alpha value is -1.16. The molecular formula is C9H14N4. The number of hydrogen-bond acceptors (Lipinski definition) is 4. The number of anilines is 1. The number of nitrogens with zero attached hydrogens (tertiary/aromatic N) is 2. The third-order valence-corrected chi connectivity index (χ3v) is 2.17. The second-order valence-corrected chi connectivity index (χ2v) is 3.62. The Labute approximate surface area is 77.8 Å². The summed E-state index contributed by atoms with van der Waals surface area (Å²) in [6.07, 6.45) is 0. The van der Waals surface area contributed by atoms with E-state index >= 15 is 0 Å². The van der Waals surface area contributed by atoms with Gasteiger partial charge in [-0.15, -0.1) is 0 Å². The summed E-state index contributed by atoms with van der Waals surface area (Å²) in [4.78, 5) is 8.77. The summed E-state index contributed by atoms with van der Waals surface area (Å²) >= 11 is 0. The van der Waals surface area contributed by atoms with Gasteiger partial charge in [0.15, 0.2) is 0 Å². The van der Waals surface area contributed by atoms with Crippen molar-refractivity contribution in [2.75, 3.05) is 5.43 Å². The summed E-state index contributed by atoms with van der Waals surface area (Å²) in [5, 5.41) is 0. The lowest BCUT2D eigenvalue weighted by atomic mass is 10.0. The molecule has 0 bridgehead atoms. The molecule has 2 heterocycles. The second kappa shape index (κ2) is 2.96. The fourth-order valence-electron chi connectivity index (χ4n) is 1.59. The quantitative estimate of drug-likeness (QED) is 0.681. The minimum absolute atomic E-state index is 0.456. The fraction of sp³-hybridized carbons (Fsp3) is 0.556. The molecule has 1 aromatic rings. The average Bonchev–Trinajstić information content (AvgIpc) is 2.49. The monoisotopic (exact) mass is 178 g/mol. The van der Waals surface area contributed by atoms with Gasteiger partial charge in [0.1, 0.15) is 11.6 Å². The van der Waals surface area contributed by atoms with Crippen LogP contribution in [0.1, 0.15) is 36.8 Å². The zero-order valence-electron chi connectivity index (χ0n) is 8.18. The van der Waals surface area contributed by atoms with Gasteiger partial charge in [-0.3, -0.25) is 0 Å². The molecule has 2 rings (SSSR count). The lowest BCUT2D eigenvalue weighted by Crippen LogP contribution is -2.11. The largest absolute Gasteiger partial charge is 0.305 e. The van der Waals surface area contributed by atoms with Crippen LogP contribution in [0.15, 0.2) is 0 Å². The highest BCUT2D eigenvalue weighted by atomic mass is 15.4. The summed E-state index contributed by atoms with van der Waals surface area (Å²) < 4.78 is 0. The van der Waals surface area contributed by atoms with Crippen molar-refractivity contribution >= 4 is 5.82 Å². The Kier molecular flexibility index (Phi) is 1.92. The Morgan fingerprint density at radius 3 is 2.77 bits per heavy atom. The van der Waals surface area contributed by atoms with Crippen LogP contribution in [0.25, 0.3) is 0 Å². The molecule has 13 heavy (non-hydrogen) atoms. The molecule has 1 aliphatic heterocycles. The summed E-state index contributed by atoms with van der Waals surface area (Å²) in [5.41, 5.74) is 8.45. The van der Waals surface area contributed by atoms with Crippen LogP contribution in [0.5, 0.6) is 0 Å². The number of hydrazine groups is 1. The van der Waals surface area contributed by atoms with Gasteiger partial charge in [-0.1, -0.05) is 13.8 Å². The van der Waals surface area contributed by atoms with Crippen molar-refractivity contribution in [2.45, 2.75) is 33.2 Å². The van der Waals surface area contributed by atoms with Crippen LogP contribution in [-0.2, 0) is 6.54 Å². The first-order valence-electron chi connectivity index (χ1n) is 4.54. The second-order valence-electron chi connectivity index (χ2n) is 3.62. The van der Waals surface area contributed by atoms with E-state index in [4.69, 9.17) is 0 Å². The van der Waals surface area contributed by atoms with Crippen molar-refractivity contribution in [3.63, 3.8) is 0 Å². The highest BCUT2D eigenvalue weighted by Crippen LogP contribution is 2.25. The van der Waals surface area contributed by atoms with E-state index in [2.05, 4.69) is 34.7 Å². The van der Waals surface area contributed by atoms with Crippen LogP contribution >= 0.6 is 0 Å². The molecule has 0 atom stereocenters. The smallest absolute Gasteiger partial charge is 0.148 e. The zero-order valence-corrected chi connectivity index (χ0v) is 8.18. The van der Waals surface area contributed by atoms with Crippen molar-refractivity contribution in [1.29, 1.82) is 0 Å². The number of nitrogens with one attached hydrogen (secondary N) is 2. The fourth-order valence-corrected chi connectivity index (χ4v) is 1.59. The maximum Gasteiger partial charge on any atom is 0.148 e. The first kappa shape index (κ1) is 8.44. The van der Waals surface area contributed by atoms with Gasteiger partial charge in [0, 0.05) is 12.1 Å². The molecule has 0 spiro atoms. The van der Waals surface area contributed by atoms with Crippen LogP contribution in [0.2, 0.25) is 0 Å². The van der Waals surface area contributed by atoms with Crippen molar-refractivity contribution < 1.29 is 0 Å². The first-order valence-corrected chi connectivity index (χ1v) is 4.54. The summed E-state index contributed by atoms with van der Waals surface area (Å²) in [5.74, 6) is 2.23. The molecule has 0 unspecified atom stereocenters. The van der Waals surface area contributed by atoms with Gasteiger partial charge in [0.05, 0.1) is 5.69 Å². The van der Waals surface area contributed by atoms with Crippen LogP contribution in [0.4, 0.5) is 5.82 Å². The van der Waals surface area contributed by atoms with Gasteiger partial charge in [0.25, 0.3) is 0 Å². The van der Waals surface area contributed by atoms with Gasteiger partial charge >= 0.3 is 0 Å². The number of hydrogen-bond donors (Lipinski definition) is 2. The highest BCUT2D eigenvalue weighted by molar-refractivity contribution is 5.50. The van der Waals surface area contributed by atoms with E-state index < -0.39 is 0 Å². The molecule has 0 aliphatic carbocycles. The van der Waals surface area contributed by atoms with E-state index in [-0.39, 0.29) is 0 Å². The molecule has 1 aromatic heterocycles. The van der Waals surface area contributed by atoms with E-state index in [1.807, 2.05) is 6.92 Å². The number of rotatable bonds is 1. The minimum Gasteiger partial charge on any atom is -0.305 e. The molecule has 0 saturated carbocycles. The SMILES string of the molecule is Cc1nc2c(c(C(C)C)n1)CNN2. The number of aromatic nitrogens is 2. The predicted molar refractivity (Wildman–Crippen MR) is 51.3 cm³/mol. The molecule has 1 aliphatic rings. The third-order valence-electron chi connectivity index (χ3n) is 2.17. The topological polar surface area (TPSA) is 49.8 Å². The molecule has 4 heteroatoms. The molecule has 0 saturated heterocycles. The Balaban J connectivity index is 2.55. The van der Waals surface area contributed by atoms with Crippen molar-refractivity contribution in [3.8, 4) is 0 Å². The zero-order chi connectivity index (χ0) is 9.42. The van der Waals surface area contributed by atoms with Crippen molar-refractivity contribution in [1.82, 2.24) is 15.4 Å². The summed E-state index contributed by atoms with van der Waals surface area (Å²) in [7, 11) is 0. The maximum atomic E-state index is 4.45. The van der Waals surface area contributed by atoms with Gasteiger partial charge in [-0.25, -0.2) is 15.4 Å². The van der Waals surface area contributed by atoms with Crippen LogP contribution < -0.4 is 10.9 Å². The normalized spacial score (nSPS) is 14.5. The standard InChI is InChI=1S/C9H14N4/c1-5(2)8-7-4-10-13-9(7)12-6(3)11-8/h5,10H,4H2,1-3H3,(H,11,12,13). The molecule has 2 N–H and O–H groups in total. The van der Waals surface area contributed by atoms with E-state index in [9.17, 15) is 0 Å². The van der Waals surface area contributed by atoms with E-state index in [1.165, 1.54) is 5.56 Å². The van der Waals surface area contributed by atoms with Crippen molar-refractivity contribution in [2.24, 2.45) is 0 Å². The molecule has 0 aromatic carbocycles. The van der Waals surface area contributed by atoms with Gasteiger partial charge in [-0.05, 0) is 12.8 Å². The van der Waals surface area contributed by atoms with Crippen LogP contribution in [-0.4, -0.2) is 9.97 Å². The average molecular weight is 178 g/mol. The molecular weight excluding hydrogens is 164 g/mol. The summed E-state index contributed by atoms with van der Waals surface area (Å²) in [6.45, 7) is 7.05. The van der Waals surface area contributed by atoms with E-state index in [1.54, 1.807) is 0 Å². The highest BCUT2D eigenvalue weighted by Gasteiger charge is 2.18. The Morgan fingerprint density at radius 2 is 2.08 bits per heavy atom. The van der Waals surface area contributed by atoms with Crippen LogP contribution in [0, 0.1) is 6.92 Å². The lowest BCUT2D eigenvalue weighted by Gasteiger charge is -2.09. The van der Waals surface area contributed by atoms with Gasteiger partial charge in [0.2, 0.25) is 0 Å². The van der Waals surface area contributed by atoms with E-state index in [0.717, 1.165) is 23.9 Å². The summed E-state index contributed by atoms with van der Waals surface area (Å²) in [6, 6.07) is 0. The van der Waals surface area contributed by atoms with E-state index in [0.29, 0.717) is 5.92 Å². The number of fused-ring (bicyclic) bond motifs is 1. The van der Waals surface area contributed by atoms with Gasteiger partial charge < -0.3 is 5.43 Å². The number of aryl methyl sites for hydroxylation is 1. The van der Waals surface area contributed by atoms with Crippen LogP contribution in [0.3, 0.4) is 0 Å².